The van der Waals surface area contributed by atoms with Crippen LogP contribution in [-0.2, 0) is 11.3 Å². The van der Waals surface area contributed by atoms with Crippen molar-refractivity contribution in [3.63, 3.8) is 0 Å². The van der Waals surface area contributed by atoms with Crippen LogP contribution in [0.1, 0.15) is 13.8 Å². The highest BCUT2D eigenvalue weighted by Gasteiger charge is 2.07. The third kappa shape index (κ3) is 2.79. The van der Waals surface area contributed by atoms with Crippen molar-refractivity contribution in [1.29, 1.82) is 0 Å². The summed E-state index contributed by atoms with van der Waals surface area (Å²) in [7, 11) is 0. The molecule has 0 aromatic carbocycles. The quantitative estimate of drug-likeness (QED) is 0.916. The fraction of sp³-hybridized carbons (Fsp3) is 0.385. The van der Waals surface area contributed by atoms with Gasteiger partial charge in [0, 0.05) is 17.4 Å². The Labute approximate surface area is 109 Å². The van der Waals surface area contributed by atoms with E-state index in [4.69, 9.17) is 0 Å². The fourth-order valence-electron chi connectivity index (χ4n) is 1.66. The first kappa shape index (κ1) is 12.8. The van der Waals surface area contributed by atoms with Gasteiger partial charge in [-0.2, -0.15) is 0 Å². The molecular formula is C13H16N2O2S. The van der Waals surface area contributed by atoms with Crippen molar-refractivity contribution in [2.45, 2.75) is 20.4 Å². The van der Waals surface area contributed by atoms with E-state index in [9.17, 15) is 9.59 Å². The second kappa shape index (κ2) is 5.35. The van der Waals surface area contributed by atoms with Crippen LogP contribution >= 0.6 is 11.3 Å². The summed E-state index contributed by atoms with van der Waals surface area (Å²) in [6.07, 6.45) is 1.68. The molecule has 0 aliphatic heterocycles. The number of aromatic nitrogens is 1. The molecule has 2 aromatic rings. The molecule has 0 spiro atoms. The van der Waals surface area contributed by atoms with Gasteiger partial charge in [0.25, 0.3) is 5.56 Å². The molecule has 2 rings (SSSR count). The summed E-state index contributed by atoms with van der Waals surface area (Å²) in [4.78, 5) is 23.7. The maximum atomic E-state index is 12.1. The van der Waals surface area contributed by atoms with Gasteiger partial charge >= 0.3 is 0 Å². The molecule has 96 valence electrons. The van der Waals surface area contributed by atoms with E-state index in [-0.39, 0.29) is 18.0 Å². The average Bonchev–Trinajstić information content (AvgIpc) is 2.79. The second-order valence-electron chi connectivity index (χ2n) is 4.65. The van der Waals surface area contributed by atoms with E-state index < -0.39 is 0 Å². The number of hydrogen-bond acceptors (Lipinski definition) is 3. The van der Waals surface area contributed by atoms with Crippen molar-refractivity contribution in [3.05, 3.63) is 34.1 Å². The van der Waals surface area contributed by atoms with E-state index in [1.165, 1.54) is 15.9 Å². The van der Waals surface area contributed by atoms with Crippen molar-refractivity contribution in [2.24, 2.45) is 5.92 Å². The van der Waals surface area contributed by atoms with E-state index in [0.29, 0.717) is 17.8 Å². The molecule has 0 bridgehead atoms. The maximum absolute atomic E-state index is 12.1. The molecule has 0 aliphatic rings. The van der Waals surface area contributed by atoms with Gasteiger partial charge in [-0.25, -0.2) is 0 Å². The Morgan fingerprint density at radius 2 is 2.22 bits per heavy atom. The van der Waals surface area contributed by atoms with Crippen molar-refractivity contribution in [3.8, 4) is 0 Å². The zero-order valence-electron chi connectivity index (χ0n) is 10.5. The lowest BCUT2D eigenvalue weighted by atomic mass is 10.2. The van der Waals surface area contributed by atoms with Gasteiger partial charge in [-0.3, -0.25) is 9.59 Å². The summed E-state index contributed by atoms with van der Waals surface area (Å²) in [6, 6.07) is 3.67. The third-order valence-electron chi connectivity index (χ3n) is 2.61. The zero-order valence-corrected chi connectivity index (χ0v) is 11.3. The lowest BCUT2D eigenvalue weighted by Crippen LogP contribution is -2.33. The highest BCUT2D eigenvalue weighted by Crippen LogP contribution is 2.15. The van der Waals surface area contributed by atoms with Gasteiger partial charge in [-0.05, 0) is 23.4 Å². The highest BCUT2D eigenvalue weighted by atomic mass is 32.1. The topological polar surface area (TPSA) is 51.1 Å². The first-order valence-electron chi connectivity index (χ1n) is 5.91. The fourth-order valence-corrected chi connectivity index (χ4v) is 2.43. The molecule has 0 fully saturated rings. The third-order valence-corrected chi connectivity index (χ3v) is 3.50. The van der Waals surface area contributed by atoms with Crippen LogP contribution in [0.2, 0.25) is 0 Å². The van der Waals surface area contributed by atoms with E-state index >= 15 is 0 Å². The second-order valence-corrected chi connectivity index (χ2v) is 5.59. The van der Waals surface area contributed by atoms with Gasteiger partial charge in [-0.1, -0.05) is 13.8 Å². The lowest BCUT2D eigenvalue weighted by molar-refractivity contribution is -0.121. The van der Waals surface area contributed by atoms with Gasteiger partial charge in [0.2, 0.25) is 5.91 Å². The minimum Gasteiger partial charge on any atom is -0.354 e. The summed E-state index contributed by atoms with van der Waals surface area (Å²) in [5.41, 5.74) is -0.103. The van der Waals surface area contributed by atoms with E-state index in [0.717, 1.165) is 4.70 Å². The number of amides is 1. The van der Waals surface area contributed by atoms with E-state index in [2.05, 4.69) is 5.32 Å². The van der Waals surface area contributed by atoms with Crippen LogP contribution in [0.5, 0.6) is 0 Å². The molecular weight excluding hydrogens is 248 g/mol. The number of thiophene rings is 1. The number of fused-ring (bicyclic) bond motifs is 1. The summed E-state index contributed by atoms with van der Waals surface area (Å²) in [5, 5.41) is 5.37. The largest absolute Gasteiger partial charge is 0.354 e. The molecule has 0 radical (unpaired) electrons. The molecule has 4 nitrogen and oxygen atoms in total. The Morgan fingerprint density at radius 1 is 1.44 bits per heavy atom. The molecule has 18 heavy (non-hydrogen) atoms. The number of nitrogens with one attached hydrogen (secondary N) is 1. The van der Waals surface area contributed by atoms with Crippen molar-refractivity contribution in [2.75, 3.05) is 6.54 Å². The summed E-state index contributed by atoms with van der Waals surface area (Å²) in [6.45, 7) is 4.78. The van der Waals surface area contributed by atoms with Gasteiger partial charge in [0.05, 0.1) is 5.39 Å². The van der Waals surface area contributed by atoms with Gasteiger partial charge in [0.1, 0.15) is 6.54 Å². The van der Waals surface area contributed by atoms with E-state index in [1.807, 2.05) is 25.3 Å². The molecule has 0 saturated carbocycles. The SMILES string of the molecule is CC(C)CNC(=O)Cn1ccc2sccc2c1=O. The molecule has 0 aliphatic carbocycles. The molecule has 1 N–H and O–H groups in total. The molecule has 0 unspecified atom stereocenters. The molecule has 0 atom stereocenters. The number of nitrogens with zero attached hydrogens (tertiary/aromatic N) is 1. The summed E-state index contributed by atoms with van der Waals surface area (Å²) in [5.74, 6) is 0.283. The van der Waals surface area contributed by atoms with Crippen LogP contribution in [0.15, 0.2) is 28.5 Å². The first-order valence-corrected chi connectivity index (χ1v) is 6.79. The van der Waals surface area contributed by atoms with Crippen molar-refractivity contribution < 1.29 is 4.79 Å². The van der Waals surface area contributed by atoms with Gasteiger partial charge in [-0.15, -0.1) is 11.3 Å². The minimum absolute atomic E-state index is 0.0807. The Morgan fingerprint density at radius 3 is 2.94 bits per heavy atom. The van der Waals surface area contributed by atoms with E-state index in [1.54, 1.807) is 12.3 Å². The van der Waals surface area contributed by atoms with Crippen molar-refractivity contribution in [1.82, 2.24) is 9.88 Å². The number of hydrogen-bond donors (Lipinski definition) is 1. The minimum atomic E-state index is -0.125. The molecule has 5 heteroatoms. The zero-order chi connectivity index (χ0) is 13.1. The highest BCUT2D eigenvalue weighted by molar-refractivity contribution is 7.17. The predicted octanol–water partition coefficient (Wildman–Crippen LogP) is 1.84. The summed E-state index contributed by atoms with van der Waals surface area (Å²) < 4.78 is 2.41. The molecule has 2 heterocycles. The molecule has 2 aromatic heterocycles. The predicted molar refractivity (Wildman–Crippen MR) is 73.9 cm³/mol. The number of carbonyl (C=O) groups excluding carboxylic acids is 1. The van der Waals surface area contributed by atoms with Crippen LogP contribution in [0.25, 0.3) is 10.1 Å². The van der Waals surface area contributed by atoms with Crippen LogP contribution < -0.4 is 10.9 Å². The van der Waals surface area contributed by atoms with Crippen molar-refractivity contribution >= 4 is 27.3 Å². The normalized spacial score (nSPS) is 11.1. The molecule has 1 amide bonds. The van der Waals surface area contributed by atoms with Crippen LogP contribution in [0.4, 0.5) is 0 Å². The van der Waals surface area contributed by atoms with Crippen LogP contribution in [0, 0.1) is 5.92 Å². The Kier molecular flexibility index (Phi) is 3.81. The first-order chi connectivity index (χ1) is 8.58. The van der Waals surface area contributed by atoms with Crippen LogP contribution in [0.3, 0.4) is 0 Å². The Hall–Kier alpha value is -1.62. The molecule has 0 saturated heterocycles. The smallest absolute Gasteiger partial charge is 0.259 e. The average molecular weight is 264 g/mol. The van der Waals surface area contributed by atoms with Gasteiger partial charge in [0.15, 0.2) is 0 Å². The monoisotopic (exact) mass is 264 g/mol. The Bertz CT molecular complexity index is 613. The van der Waals surface area contributed by atoms with Gasteiger partial charge < -0.3 is 9.88 Å². The van der Waals surface area contributed by atoms with Crippen LogP contribution in [-0.4, -0.2) is 17.0 Å². The standard InChI is InChI=1S/C13H16N2O2S/c1-9(2)7-14-12(16)8-15-5-3-11-10(13(15)17)4-6-18-11/h3-6,9H,7-8H2,1-2H3,(H,14,16). The lowest BCUT2D eigenvalue weighted by Gasteiger charge is -2.09. The number of carbonyl (C=O) groups is 1. The Balaban J connectivity index is 2.14. The number of rotatable bonds is 4. The summed E-state index contributed by atoms with van der Waals surface area (Å²) >= 11 is 1.53. The maximum Gasteiger partial charge on any atom is 0.259 e. The number of pyridine rings is 1.